The number of nitrogens with two attached hydrogens (primary N) is 2. The molecule has 5 rings (SSSR count). The third-order valence-corrected chi connectivity index (χ3v) is 6.10. The van der Waals surface area contributed by atoms with E-state index in [1.165, 1.54) is 17.7 Å². The van der Waals surface area contributed by atoms with Crippen molar-refractivity contribution < 1.29 is 14.4 Å². The summed E-state index contributed by atoms with van der Waals surface area (Å²) in [7, 11) is 0. The Hall–Kier alpha value is -1.79. The number of hydrogen-bond acceptors (Lipinski definition) is 3. The van der Waals surface area contributed by atoms with Crippen LogP contribution in [0.25, 0.3) is 0 Å². The molecule has 4 saturated carbocycles. The molecule has 0 aromatic rings. The minimum Gasteiger partial charge on any atom is -0.369 e. The average molecular weight is 292 g/mol. The molecule has 3 unspecified atom stereocenters. The van der Waals surface area contributed by atoms with Crippen LogP contribution < -0.4 is 16.8 Å². The molecule has 5 atom stereocenters. The number of nitrogens with zero attached hydrogens (tertiary/aromatic N) is 1. The molecule has 4 amide bonds. The van der Waals surface area contributed by atoms with Crippen molar-refractivity contribution in [1.29, 1.82) is 0 Å². The molecule has 0 aromatic carbocycles. The van der Waals surface area contributed by atoms with Crippen LogP contribution in [-0.4, -0.2) is 41.9 Å². The third kappa shape index (κ3) is 1.76. The summed E-state index contributed by atoms with van der Waals surface area (Å²) in [5.41, 5.74) is 10.6. The van der Waals surface area contributed by atoms with Crippen molar-refractivity contribution in [2.24, 2.45) is 47.0 Å². The van der Waals surface area contributed by atoms with E-state index in [2.05, 4.69) is 5.32 Å². The molecular formula is C14H20N4O3. The van der Waals surface area contributed by atoms with Gasteiger partial charge in [0.15, 0.2) is 0 Å². The lowest BCUT2D eigenvalue weighted by molar-refractivity contribution is -0.129. The van der Waals surface area contributed by atoms with Crippen LogP contribution in [-0.2, 0) is 9.59 Å². The highest BCUT2D eigenvalue weighted by Crippen LogP contribution is 2.70. The molecule has 5 aliphatic rings. The van der Waals surface area contributed by atoms with Crippen LogP contribution in [0.1, 0.15) is 12.8 Å². The summed E-state index contributed by atoms with van der Waals surface area (Å²) in [5.74, 6) is 0.472. The van der Waals surface area contributed by atoms with Gasteiger partial charge in [0, 0.05) is 19.1 Å². The van der Waals surface area contributed by atoms with Gasteiger partial charge in [0.1, 0.15) is 0 Å². The summed E-state index contributed by atoms with van der Waals surface area (Å²) < 4.78 is 0. The number of carbonyl (C=O) groups is 3. The molecular weight excluding hydrogens is 272 g/mol. The van der Waals surface area contributed by atoms with Crippen LogP contribution in [0, 0.1) is 35.5 Å². The Morgan fingerprint density at radius 3 is 1.86 bits per heavy atom. The highest BCUT2D eigenvalue weighted by atomic mass is 16.2. The van der Waals surface area contributed by atoms with Crippen molar-refractivity contribution in [2.75, 3.05) is 13.1 Å². The minimum atomic E-state index is -0.667. The molecule has 0 aromatic heterocycles. The highest BCUT2D eigenvalue weighted by Gasteiger charge is 2.68. The molecule has 1 saturated heterocycles. The minimum absolute atomic E-state index is 0.184. The van der Waals surface area contributed by atoms with E-state index >= 15 is 0 Å². The van der Waals surface area contributed by atoms with Crippen LogP contribution in [0.15, 0.2) is 0 Å². The second-order valence-corrected chi connectivity index (χ2v) is 7.03. The van der Waals surface area contributed by atoms with Gasteiger partial charge in [0.05, 0.1) is 11.8 Å². The SMILES string of the molecule is NC(=O)[C@@H]1CN(C(=O)NC2C3CC4C(C3)C42)C[C@H]1C(N)=O. The molecule has 1 aliphatic heterocycles. The number of rotatable bonds is 3. The fourth-order valence-corrected chi connectivity index (χ4v) is 5.07. The normalized spacial score (nSPS) is 45.7. The quantitative estimate of drug-likeness (QED) is 0.610. The van der Waals surface area contributed by atoms with Gasteiger partial charge >= 0.3 is 6.03 Å². The summed E-state index contributed by atoms with van der Waals surface area (Å²) >= 11 is 0. The lowest BCUT2D eigenvalue weighted by atomic mass is 9.95. The van der Waals surface area contributed by atoms with E-state index in [-0.39, 0.29) is 25.2 Å². The Morgan fingerprint density at radius 2 is 1.48 bits per heavy atom. The number of amides is 4. The zero-order valence-electron chi connectivity index (χ0n) is 11.7. The zero-order valence-corrected chi connectivity index (χ0v) is 11.7. The fourth-order valence-electron chi connectivity index (χ4n) is 5.07. The smallest absolute Gasteiger partial charge is 0.317 e. The molecule has 4 bridgehead atoms. The number of nitrogens with one attached hydrogen (secondary N) is 1. The summed E-state index contributed by atoms with van der Waals surface area (Å²) in [4.78, 5) is 36.7. The Bertz CT molecular complexity index is 500. The number of likely N-dealkylation sites (tertiary alicyclic amines) is 1. The van der Waals surface area contributed by atoms with Crippen LogP contribution in [0.5, 0.6) is 0 Å². The monoisotopic (exact) mass is 292 g/mol. The van der Waals surface area contributed by atoms with Crippen molar-refractivity contribution >= 4 is 17.8 Å². The van der Waals surface area contributed by atoms with E-state index in [9.17, 15) is 14.4 Å². The average Bonchev–Trinajstić information content (AvgIpc) is 2.93. The van der Waals surface area contributed by atoms with Crippen LogP contribution in [0.3, 0.4) is 0 Å². The molecule has 5 N–H and O–H groups in total. The highest BCUT2D eigenvalue weighted by molar-refractivity contribution is 5.88. The predicted molar refractivity (Wildman–Crippen MR) is 72.5 cm³/mol. The van der Waals surface area contributed by atoms with Crippen molar-refractivity contribution in [3.63, 3.8) is 0 Å². The summed E-state index contributed by atoms with van der Waals surface area (Å²) in [6.07, 6.45) is 2.49. The van der Waals surface area contributed by atoms with Gasteiger partial charge in [-0.25, -0.2) is 4.79 Å². The Morgan fingerprint density at radius 1 is 0.952 bits per heavy atom. The van der Waals surface area contributed by atoms with Gasteiger partial charge in [-0.2, -0.15) is 0 Å². The molecule has 1 heterocycles. The van der Waals surface area contributed by atoms with E-state index in [1.54, 1.807) is 0 Å². The van der Waals surface area contributed by atoms with E-state index in [0.29, 0.717) is 11.8 Å². The van der Waals surface area contributed by atoms with Gasteiger partial charge in [0.2, 0.25) is 11.8 Å². The van der Waals surface area contributed by atoms with Crippen molar-refractivity contribution in [1.82, 2.24) is 10.2 Å². The van der Waals surface area contributed by atoms with Gasteiger partial charge in [-0.15, -0.1) is 0 Å². The molecule has 114 valence electrons. The second-order valence-electron chi connectivity index (χ2n) is 7.03. The Labute approximate surface area is 122 Å². The maximum atomic E-state index is 12.4. The molecule has 7 nitrogen and oxygen atoms in total. The van der Waals surface area contributed by atoms with Gasteiger partial charge < -0.3 is 21.7 Å². The summed E-state index contributed by atoms with van der Waals surface area (Å²) in [5, 5.41) is 3.11. The van der Waals surface area contributed by atoms with Crippen molar-refractivity contribution in [3.05, 3.63) is 0 Å². The van der Waals surface area contributed by atoms with E-state index < -0.39 is 23.7 Å². The number of hydrogen-bond donors (Lipinski definition) is 3. The van der Waals surface area contributed by atoms with Crippen molar-refractivity contribution in [3.8, 4) is 0 Å². The summed E-state index contributed by atoms with van der Waals surface area (Å²) in [6, 6.07) is 0.0976. The topological polar surface area (TPSA) is 119 Å². The lowest BCUT2D eigenvalue weighted by Gasteiger charge is -2.22. The van der Waals surface area contributed by atoms with Gasteiger partial charge in [-0.3, -0.25) is 9.59 Å². The van der Waals surface area contributed by atoms with Gasteiger partial charge in [-0.1, -0.05) is 0 Å². The van der Waals surface area contributed by atoms with Gasteiger partial charge in [-0.05, 0) is 36.5 Å². The van der Waals surface area contributed by atoms with E-state index in [1.807, 2.05) is 0 Å². The lowest BCUT2D eigenvalue weighted by Crippen LogP contribution is -2.46. The van der Waals surface area contributed by atoms with E-state index in [4.69, 9.17) is 11.5 Å². The molecule has 4 aliphatic carbocycles. The van der Waals surface area contributed by atoms with Gasteiger partial charge in [0.25, 0.3) is 0 Å². The molecule has 7 heteroatoms. The maximum absolute atomic E-state index is 12.4. The first-order chi connectivity index (χ1) is 9.97. The molecule has 0 spiro atoms. The standard InChI is InChI=1S/C14H20N4O3/c15-12(19)8-3-18(4-9(8)13(16)20)14(21)17-11-5-1-6-7(2-5)10(6)11/h5-11H,1-4H2,(H2,15,19)(H2,16,20)(H,17,21)/t5?,6?,7?,8-,9-,10?,11?/m1/s1. The van der Waals surface area contributed by atoms with E-state index in [0.717, 1.165) is 11.8 Å². The molecule has 21 heavy (non-hydrogen) atoms. The maximum Gasteiger partial charge on any atom is 0.317 e. The number of urea groups is 1. The first-order valence-electron chi connectivity index (χ1n) is 7.61. The summed E-state index contributed by atoms with van der Waals surface area (Å²) in [6.45, 7) is 0.368. The zero-order chi connectivity index (χ0) is 14.9. The van der Waals surface area contributed by atoms with Crippen LogP contribution >= 0.6 is 0 Å². The molecule has 0 radical (unpaired) electrons. The number of primary amides is 2. The predicted octanol–water partition coefficient (Wildman–Crippen LogP) is -1.13. The fraction of sp³-hybridized carbons (Fsp3) is 0.786. The Balaban J connectivity index is 1.41. The first kappa shape index (κ1) is 12.9. The Kier molecular flexibility index (Phi) is 2.53. The second kappa shape index (κ2) is 4.11. The van der Waals surface area contributed by atoms with Crippen molar-refractivity contribution in [2.45, 2.75) is 18.9 Å². The third-order valence-electron chi connectivity index (χ3n) is 6.10. The largest absolute Gasteiger partial charge is 0.369 e. The first-order valence-corrected chi connectivity index (χ1v) is 7.61. The molecule has 5 fully saturated rings. The van der Waals surface area contributed by atoms with Crippen LogP contribution in [0.2, 0.25) is 0 Å². The van der Waals surface area contributed by atoms with Crippen LogP contribution in [0.4, 0.5) is 4.79 Å². The number of carbonyl (C=O) groups excluding carboxylic acids is 3.